The van der Waals surface area contributed by atoms with E-state index in [4.69, 9.17) is 11.6 Å². The summed E-state index contributed by atoms with van der Waals surface area (Å²) < 4.78 is 0. The number of halogens is 1. The van der Waals surface area contributed by atoms with Gasteiger partial charge in [-0.25, -0.2) is 4.98 Å². The number of pyridine rings is 1. The minimum atomic E-state index is -0.409. The van der Waals surface area contributed by atoms with E-state index < -0.39 is 5.92 Å². The van der Waals surface area contributed by atoms with Gasteiger partial charge in [0.25, 0.3) is 0 Å². The van der Waals surface area contributed by atoms with Crippen LogP contribution in [0.3, 0.4) is 0 Å². The van der Waals surface area contributed by atoms with Crippen molar-refractivity contribution in [3.8, 4) is 0 Å². The van der Waals surface area contributed by atoms with Crippen LogP contribution in [0, 0.1) is 0 Å². The van der Waals surface area contributed by atoms with Crippen LogP contribution >= 0.6 is 11.6 Å². The third-order valence-corrected chi connectivity index (χ3v) is 3.85. The minimum Gasteiger partial charge on any atom is -0.323 e. The molecular weight excluding hydrogens is 308 g/mol. The fraction of sp³-hybridized carbons (Fsp3) is 0.0526. The largest absolute Gasteiger partial charge is 0.323 e. The fourth-order valence-electron chi connectivity index (χ4n) is 2.47. The maximum atomic E-state index is 12.9. The van der Waals surface area contributed by atoms with Crippen molar-refractivity contribution >= 4 is 23.2 Å². The van der Waals surface area contributed by atoms with Crippen molar-refractivity contribution in [2.24, 2.45) is 0 Å². The van der Waals surface area contributed by atoms with Crippen molar-refractivity contribution in [1.29, 1.82) is 0 Å². The van der Waals surface area contributed by atoms with Crippen LogP contribution in [0.4, 0.5) is 5.69 Å². The van der Waals surface area contributed by atoms with E-state index in [1.807, 2.05) is 60.7 Å². The SMILES string of the molecule is O=C(Nc1cccnc1Cl)C(c1ccccc1)c1ccccc1. The normalized spacial score (nSPS) is 10.5. The molecule has 114 valence electrons. The summed E-state index contributed by atoms with van der Waals surface area (Å²) in [5, 5.41) is 3.15. The molecule has 0 aliphatic carbocycles. The molecule has 3 nitrogen and oxygen atoms in total. The molecule has 0 saturated heterocycles. The first-order chi connectivity index (χ1) is 11.3. The lowest BCUT2D eigenvalue weighted by atomic mass is 9.90. The van der Waals surface area contributed by atoms with Crippen molar-refractivity contribution < 1.29 is 4.79 Å². The monoisotopic (exact) mass is 322 g/mol. The Labute approximate surface area is 140 Å². The number of hydrogen-bond donors (Lipinski definition) is 1. The van der Waals surface area contributed by atoms with Gasteiger partial charge in [0, 0.05) is 6.20 Å². The molecule has 3 aromatic rings. The number of anilines is 1. The first-order valence-electron chi connectivity index (χ1n) is 7.27. The Kier molecular flexibility index (Phi) is 4.69. The number of hydrogen-bond acceptors (Lipinski definition) is 2. The summed E-state index contributed by atoms with van der Waals surface area (Å²) in [7, 11) is 0. The molecule has 0 radical (unpaired) electrons. The van der Waals surface area contributed by atoms with Crippen molar-refractivity contribution in [3.05, 3.63) is 95.3 Å². The number of aromatic nitrogens is 1. The van der Waals surface area contributed by atoms with Gasteiger partial charge >= 0.3 is 0 Å². The molecule has 1 amide bonds. The van der Waals surface area contributed by atoms with Crippen LogP contribution in [0.15, 0.2) is 79.0 Å². The Morgan fingerprint density at radius 2 is 1.43 bits per heavy atom. The highest BCUT2D eigenvalue weighted by atomic mass is 35.5. The van der Waals surface area contributed by atoms with Crippen LogP contribution < -0.4 is 5.32 Å². The van der Waals surface area contributed by atoms with Crippen LogP contribution in [-0.4, -0.2) is 10.9 Å². The summed E-state index contributed by atoms with van der Waals surface area (Å²) in [6.45, 7) is 0. The molecule has 4 heteroatoms. The predicted molar refractivity (Wildman–Crippen MR) is 92.6 cm³/mol. The van der Waals surface area contributed by atoms with Gasteiger partial charge in [-0.3, -0.25) is 4.79 Å². The van der Waals surface area contributed by atoms with Crippen LogP contribution in [0.2, 0.25) is 5.15 Å². The van der Waals surface area contributed by atoms with Gasteiger partial charge in [0.1, 0.15) is 0 Å². The van der Waals surface area contributed by atoms with E-state index in [1.165, 1.54) is 0 Å². The Morgan fingerprint density at radius 1 is 0.870 bits per heavy atom. The number of carbonyl (C=O) groups excluding carboxylic acids is 1. The van der Waals surface area contributed by atoms with Gasteiger partial charge in [0.15, 0.2) is 5.15 Å². The molecule has 0 aliphatic rings. The fourth-order valence-corrected chi connectivity index (χ4v) is 2.64. The highest BCUT2D eigenvalue weighted by Crippen LogP contribution is 2.27. The van der Waals surface area contributed by atoms with Crippen LogP contribution in [0.5, 0.6) is 0 Å². The number of nitrogens with zero attached hydrogens (tertiary/aromatic N) is 1. The zero-order valence-electron chi connectivity index (χ0n) is 12.3. The highest BCUT2D eigenvalue weighted by molar-refractivity contribution is 6.32. The second kappa shape index (κ2) is 7.07. The lowest BCUT2D eigenvalue weighted by Gasteiger charge is -2.18. The summed E-state index contributed by atoms with van der Waals surface area (Å²) in [5.74, 6) is -0.550. The molecule has 0 bridgehead atoms. The summed E-state index contributed by atoms with van der Waals surface area (Å²) in [4.78, 5) is 16.9. The Balaban J connectivity index is 1.96. The molecule has 2 aromatic carbocycles. The lowest BCUT2D eigenvalue weighted by molar-refractivity contribution is -0.116. The first kappa shape index (κ1) is 15.3. The lowest BCUT2D eigenvalue weighted by Crippen LogP contribution is -2.22. The number of nitrogens with one attached hydrogen (secondary N) is 1. The molecule has 0 saturated carbocycles. The van der Waals surface area contributed by atoms with Crippen LogP contribution in [0.25, 0.3) is 0 Å². The molecule has 23 heavy (non-hydrogen) atoms. The maximum absolute atomic E-state index is 12.9. The highest BCUT2D eigenvalue weighted by Gasteiger charge is 2.23. The van der Waals surface area contributed by atoms with E-state index in [-0.39, 0.29) is 11.1 Å². The van der Waals surface area contributed by atoms with Gasteiger partial charge < -0.3 is 5.32 Å². The second-order valence-electron chi connectivity index (χ2n) is 5.09. The van der Waals surface area contributed by atoms with Gasteiger partial charge in [-0.2, -0.15) is 0 Å². The zero-order chi connectivity index (χ0) is 16.1. The summed E-state index contributed by atoms with van der Waals surface area (Å²) >= 11 is 6.04. The van der Waals surface area contributed by atoms with E-state index in [9.17, 15) is 4.79 Å². The Bertz CT molecular complexity index is 751. The van der Waals surface area contributed by atoms with E-state index in [0.29, 0.717) is 5.69 Å². The van der Waals surface area contributed by atoms with Crippen LogP contribution in [0.1, 0.15) is 17.0 Å². The first-order valence-corrected chi connectivity index (χ1v) is 7.65. The van der Waals surface area contributed by atoms with E-state index in [0.717, 1.165) is 11.1 Å². The summed E-state index contributed by atoms with van der Waals surface area (Å²) in [5.41, 5.74) is 2.36. The molecule has 0 aliphatic heterocycles. The smallest absolute Gasteiger partial charge is 0.236 e. The number of benzene rings is 2. The Hall–Kier alpha value is -2.65. The number of rotatable bonds is 4. The molecule has 1 N–H and O–H groups in total. The molecule has 0 spiro atoms. The average Bonchev–Trinajstić information content (AvgIpc) is 2.59. The van der Waals surface area contributed by atoms with E-state index >= 15 is 0 Å². The number of amides is 1. The van der Waals surface area contributed by atoms with Crippen molar-refractivity contribution in [3.63, 3.8) is 0 Å². The third-order valence-electron chi connectivity index (χ3n) is 3.54. The summed E-state index contributed by atoms with van der Waals surface area (Å²) in [6, 6.07) is 22.8. The van der Waals surface area contributed by atoms with Gasteiger partial charge in [0.2, 0.25) is 5.91 Å². The zero-order valence-corrected chi connectivity index (χ0v) is 13.1. The molecule has 1 heterocycles. The van der Waals surface area contributed by atoms with Crippen LogP contribution in [-0.2, 0) is 4.79 Å². The van der Waals surface area contributed by atoms with Gasteiger partial charge in [-0.15, -0.1) is 0 Å². The summed E-state index contributed by atoms with van der Waals surface area (Å²) in [6.07, 6.45) is 1.59. The topological polar surface area (TPSA) is 42.0 Å². The minimum absolute atomic E-state index is 0.141. The van der Waals surface area contributed by atoms with E-state index in [1.54, 1.807) is 18.3 Å². The van der Waals surface area contributed by atoms with Gasteiger partial charge in [-0.1, -0.05) is 72.3 Å². The predicted octanol–water partition coefficient (Wildman–Crippen LogP) is 4.51. The molecular formula is C19H15ClN2O. The van der Waals surface area contributed by atoms with Gasteiger partial charge in [-0.05, 0) is 23.3 Å². The van der Waals surface area contributed by atoms with Crippen molar-refractivity contribution in [2.45, 2.75) is 5.92 Å². The molecule has 1 aromatic heterocycles. The van der Waals surface area contributed by atoms with Gasteiger partial charge in [0.05, 0.1) is 11.6 Å². The van der Waals surface area contributed by atoms with E-state index in [2.05, 4.69) is 10.3 Å². The average molecular weight is 323 g/mol. The maximum Gasteiger partial charge on any atom is 0.236 e. The second-order valence-corrected chi connectivity index (χ2v) is 5.44. The quantitative estimate of drug-likeness (QED) is 0.718. The van der Waals surface area contributed by atoms with Crippen molar-refractivity contribution in [1.82, 2.24) is 4.98 Å². The molecule has 0 atom stereocenters. The molecule has 0 unspecified atom stereocenters. The molecule has 3 rings (SSSR count). The Morgan fingerprint density at radius 3 is 1.96 bits per heavy atom. The molecule has 0 fully saturated rings. The standard InChI is InChI=1S/C19H15ClN2O/c20-18-16(12-7-13-21-18)22-19(23)17(14-8-3-1-4-9-14)15-10-5-2-6-11-15/h1-13,17H,(H,22,23). The number of carbonyl (C=O) groups is 1. The van der Waals surface area contributed by atoms with Crippen molar-refractivity contribution in [2.75, 3.05) is 5.32 Å². The third kappa shape index (κ3) is 3.58.